The fourth-order valence-electron chi connectivity index (χ4n) is 3.82. The molecular weight excluding hydrogens is 381 g/mol. The molecule has 148 valence electrons. The Morgan fingerprint density at radius 3 is 2.86 bits per heavy atom. The maximum Gasteiger partial charge on any atom is 0.449 e. The lowest BCUT2D eigenvalue weighted by Gasteiger charge is -2.27. The molecule has 0 aliphatic carbocycles. The molecule has 29 heavy (non-hydrogen) atoms. The Balaban J connectivity index is 0.00000240. The van der Waals surface area contributed by atoms with E-state index in [4.69, 9.17) is 5.73 Å². The molecule has 0 saturated carbocycles. The number of nitrogens with two attached hydrogens (primary N) is 1. The fraction of sp³-hybridized carbons (Fsp3) is 0.182. The van der Waals surface area contributed by atoms with Crippen LogP contribution in [0.1, 0.15) is 22.6 Å². The van der Waals surface area contributed by atoms with Crippen LogP contribution >= 0.6 is 13.5 Å². The fourth-order valence-corrected chi connectivity index (χ4v) is 3.82. The molecule has 7 heteroatoms. The van der Waals surface area contributed by atoms with E-state index in [-0.39, 0.29) is 25.8 Å². The Morgan fingerprint density at radius 2 is 2.07 bits per heavy atom. The number of Topliss-reactive ketones (excluding diaryl/α,β-unsaturated/α-hetero) is 1. The van der Waals surface area contributed by atoms with Crippen LogP contribution in [0.2, 0.25) is 0 Å². The molecule has 2 aromatic carbocycles. The first-order valence-electron chi connectivity index (χ1n) is 9.35. The molecule has 2 heterocycles. The quantitative estimate of drug-likeness (QED) is 0.633. The van der Waals surface area contributed by atoms with Gasteiger partial charge in [-0.25, -0.2) is 0 Å². The number of hydrogen-bond donors (Lipinski definition) is 2. The molecule has 1 aromatic heterocycles. The maximum absolute atomic E-state index is 13.1. The topological polar surface area (TPSA) is 79.5 Å². The minimum Gasteiger partial charge on any atom is -0.429 e. The normalized spacial score (nSPS) is 13.8. The van der Waals surface area contributed by atoms with E-state index in [0.717, 1.165) is 32.9 Å². The predicted octanol–water partition coefficient (Wildman–Crippen LogP) is 1.81. The van der Waals surface area contributed by atoms with Gasteiger partial charge in [-0.3, -0.25) is 9.78 Å². The Bertz CT molecular complexity index is 1070. The van der Waals surface area contributed by atoms with Crippen LogP contribution in [-0.4, -0.2) is 41.2 Å². The van der Waals surface area contributed by atoms with Gasteiger partial charge in [-0.15, -0.1) is 0 Å². The van der Waals surface area contributed by atoms with E-state index in [1.54, 1.807) is 11.0 Å². The number of carbonyl (C=O) groups excluding carboxylic acids is 1. The van der Waals surface area contributed by atoms with Crippen LogP contribution in [0.5, 0.6) is 0 Å². The summed E-state index contributed by atoms with van der Waals surface area (Å²) in [7, 11) is 1.10. The molecular formula is C22H24BN3O2S. The zero-order chi connectivity index (χ0) is 19.7. The van der Waals surface area contributed by atoms with Gasteiger partial charge in [0.15, 0.2) is 0 Å². The lowest BCUT2D eigenvalue weighted by molar-refractivity contribution is -0.119. The maximum atomic E-state index is 13.1. The van der Waals surface area contributed by atoms with Gasteiger partial charge in [-0.2, -0.15) is 13.5 Å². The van der Waals surface area contributed by atoms with Gasteiger partial charge in [0.25, 0.3) is 0 Å². The summed E-state index contributed by atoms with van der Waals surface area (Å²) in [5.74, 6) is -0.338. The van der Waals surface area contributed by atoms with Crippen molar-refractivity contribution in [3.8, 4) is 0 Å². The summed E-state index contributed by atoms with van der Waals surface area (Å²) in [5.41, 5.74) is 9.54. The van der Waals surface area contributed by atoms with Crippen LogP contribution in [0.4, 0.5) is 0 Å². The van der Waals surface area contributed by atoms with Crippen LogP contribution in [0.3, 0.4) is 0 Å². The minimum absolute atomic E-state index is 0. The number of ketones is 1. The van der Waals surface area contributed by atoms with Crippen LogP contribution < -0.4 is 11.2 Å². The summed E-state index contributed by atoms with van der Waals surface area (Å²) in [5, 5.41) is 12.6. The highest BCUT2D eigenvalue weighted by atomic mass is 32.1. The van der Waals surface area contributed by atoms with Gasteiger partial charge in [0.2, 0.25) is 0 Å². The van der Waals surface area contributed by atoms with Gasteiger partial charge in [0.1, 0.15) is 5.78 Å². The molecule has 1 atom stereocenters. The van der Waals surface area contributed by atoms with E-state index in [0.29, 0.717) is 6.42 Å². The van der Waals surface area contributed by atoms with E-state index < -0.39 is 13.0 Å². The highest BCUT2D eigenvalue weighted by molar-refractivity contribution is 7.59. The smallest absolute Gasteiger partial charge is 0.429 e. The second kappa shape index (κ2) is 8.82. The van der Waals surface area contributed by atoms with E-state index in [9.17, 15) is 9.82 Å². The summed E-state index contributed by atoms with van der Waals surface area (Å²) < 4.78 is 0. The Kier molecular flexibility index (Phi) is 6.42. The molecule has 5 nitrogen and oxygen atoms in total. The molecule has 1 aliphatic heterocycles. The number of carbonyl (C=O) groups is 1. The molecule has 4 rings (SSSR count). The summed E-state index contributed by atoms with van der Waals surface area (Å²) in [6, 6.07) is 13.6. The highest BCUT2D eigenvalue weighted by Gasteiger charge is 2.29. The number of hydrogen-bond acceptors (Lipinski definition) is 5. The number of fused-ring (bicyclic) bond motifs is 2. The molecule has 0 fully saturated rings. The molecule has 1 aliphatic rings. The third-order valence-electron chi connectivity index (χ3n) is 5.40. The number of nitrogens with zero attached hydrogens (tertiary/aromatic N) is 2. The first-order valence-corrected chi connectivity index (χ1v) is 9.35. The van der Waals surface area contributed by atoms with E-state index in [2.05, 4.69) is 4.98 Å². The van der Waals surface area contributed by atoms with Crippen LogP contribution in [0.25, 0.3) is 16.8 Å². The van der Waals surface area contributed by atoms with Gasteiger partial charge < -0.3 is 15.6 Å². The van der Waals surface area contributed by atoms with Gasteiger partial charge in [0.05, 0.1) is 5.92 Å². The van der Waals surface area contributed by atoms with E-state index in [1.807, 2.05) is 68.0 Å². The first kappa shape index (κ1) is 21.1. The van der Waals surface area contributed by atoms with Crippen molar-refractivity contribution in [3.05, 3.63) is 77.7 Å². The van der Waals surface area contributed by atoms with Gasteiger partial charge >= 0.3 is 7.05 Å². The number of rotatable bonds is 5. The lowest BCUT2D eigenvalue weighted by Crippen LogP contribution is -2.47. The second-order valence-corrected chi connectivity index (χ2v) is 7.19. The molecule has 3 aromatic rings. The molecule has 0 unspecified atom stereocenters. The predicted molar refractivity (Wildman–Crippen MR) is 123 cm³/mol. The molecule has 0 radical (unpaired) electrons. The Labute approximate surface area is 177 Å². The van der Waals surface area contributed by atoms with Gasteiger partial charge in [-0.05, 0) is 52.9 Å². The first-order chi connectivity index (χ1) is 13.6. The highest BCUT2D eigenvalue weighted by Crippen LogP contribution is 2.25. The Morgan fingerprint density at radius 1 is 1.24 bits per heavy atom. The second-order valence-electron chi connectivity index (χ2n) is 7.19. The van der Waals surface area contributed by atoms with Crippen LogP contribution in [0, 0.1) is 0 Å². The molecule has 0 spiro atoms. The lowest BCUT2D eigenvalue weighted by atomic mass is 9.66. The van der Waals surface area contributed by atoms with Crippen molar-refractivity contribution >= 4 is 48.6 Å². The molecule has 0 bridgehead atoms. The third-order valence-corrected chi connectivity index (χ3v) is 5.40. The number of benzene rings is 2. The average molecular weight is 405 g/mol. The van der Waals surface area contributed by atoms with Crippen molar-refractivity contribution < 1.29 is 9.82 Å². The van der Waals surface area contributed by atoms with Crippen molar-refractivity contribution in [3.63, 3.8) is 0 Å². The van der Waals surface area contributed by atoms with Crippen LogP contribution in [0.15, 0.2) is 61.1 Å². The standard InChI is InChI=1S/C22H22BN3O2.H2S/c1-26-10-8-19-18(3-2-4-21(19)23(26)28)20(13-24)22(27)12-15-5-6-17-14-25-9-7-16(17)11-15;/h2-11,14,20,28H,12-13,24H2,1H3;1H2/t20-;/m1./s1. The molecule has 0 amide bonds. The van der Waals surface area contributed by atoms with Crippen LogP contribution in [-0.2, 0) is 11.2 Å². The zero-order valence-electron chi connectivity index (χ0n) is 16.2. The monoisotopic (exact) mass is 405 g/mol. The summed E-state index contributed by atoms with van der Waals surface area (Å²) >= 11 is 0. The minimum atomic E-state index is -0.720. The third kappa shape index (κ3) is 4.08. The van der Waals surface area contributed by atoms with Crippen molar-refractivity contribution in [1.29, 1.82) is 0 Å². The van der Waals surface area contributed by atoms with Crippen molar-refractivity contribution in [2.24, 2.45) is 5.73 Å². The summed E-state index contributed by atoms with van der Waals surface area (Å²) in [4.78, 5) is 19.0. The van der Waals surface area contributed by atoms with E-state index >= 15 is 0 Å². The largest absolute Gasteiger partial charge is 0.449 e. The SMILES string of the molecule is CN1C=Cc2c(cccc2[C@@H](CN)C(=O)Cc2ccc3cnccc3c2)B1O.S. The number of pyridine rings is 1. The molecule has 3 N–H and O–H groups in total. The molecule has 0 saturated heterocycles. The van der Waals surface area contributed by atoms with Crippen molar-refractivity contribution in [2.75, 3.05) is 13.6 Å². The average Bonchev–Trinajstić information content (AvgIpc) is 2.71. The zero-order valence-corrected chi connectivity index (χ0v) is 17.2. The van der Waals surface area contributed by atoms with Crippen molar-refractivity contribution in [2.45, 2.75) is 12.3 Å². The Hall–Kier alpha value is -2.61. The summed E-state index contributed by atoms with van der Waals surface area (Å²) in [6.07, 6.45) is 7.65. The van der Waals surface area contributed by atoms with E-state index in [1.165, 1.54) is 0 Å². The van der Waals surface area contributed by atoms with Gasteiger partial charge in [-0.1, -0.05) is 36.4 Å². The number of aromatic nitrogens is 1. The summed E-state index contributed by atoms with van der Waals surface area (Å²) in [6.45, 7) is 0.229. The van der Waals surface area contributed by atoms with Gasteiger partial charge in [0, 0.05) is 30.7 Å². The van der Waals surface area contributed by atoms with Crippen molar-refractivity contribution in [1.82, 2.24) is 9.79 Å².